The van der Waals surface area contributed by atoms with Crippen LogP contribution in [0.25, 0.3) is 21.9 Å². The molecule has 1 aliphatic heterocycles. The predicted octanol–water partition coefficient (Wildman–Crippen LogP) is 5.68. The molecule has 1 atom stereocenters. The first-order valence-corrected chi connectivity index (χ1v) is 12.2. The molecule has 0 unspecified atom stereocenters. The van der Waals surface area contributed by atoms with Crippen LogP contribution in [0.5, 0.6) is 5.75 Å². The third kappa shape index (κ3) is 3.66. The summed E-state index contributed by atoms with van der Waals surface area (Å²) >= 11 is 6.68. The van der Waals surface area contributed by atoms with Crippen LogP contribution in [-0.4, -0.2) is 18.1 Å². The second-order valence-corrected chi connectivity index (χ2v) is 9.29. The van der Waals surface area contributed by atoms with Gasteiger partial charge in [-0.05, 0) is 57.5 Å². The summed E-state index contributed by atoms with van der Waals surface area (Å²) in [5.74, 6) is -0.691. The average molecular weight is 501 g/mol. The predicted molar refractivity (Wildman–Crippen MR) is 142 cm³/mol. The maximum Gasteiger partial charge on any atom is 0.344 e. The molecule has 0 saturated carbocycles. The van der Waals surface area contributed by atoms with Crippen molar-refractivity contribution in [2.75, 3.05) is 18.0 Å². The fourth-order valence-corrected chi connectivity index (χ4v) is 5.30. The van der Waals surface area contributed by atoms with Crippen LogP contribution in [0.2, 0.25) is 5.15 Å². The van der Waals surface area contributed by atoms with Crippen molar-refractivity contribution in [3.8, 4) is 11.8 Å². The third-order valence-electron chi connectivity index (χ3n) is 6.73. The number of aromatic nitrogens is 1. The Balaban J connectivity index is 1.80. The van der Waals surface area contributed by atoms with Gasteiger partial charge in [-0.2, -0.15) is 5.26 Å². The maximum atomic E-state index is 13.4. The van der Waals surface area contributed by atoms with Gasteiger partial charge in [0.1, 0.15) is 22.4 Å². The van der Waals surface area contributed by atoms with E-state index in [4.69, 9.17) is 26.5 Å². The highest BCUT2D eigenvalue weighted by atomic mass is 35.5. The van der Waals surface area contributed by atoms with Gasteiger partial charge in [0, 0.05) is 35.8 Å². The van der Waals surface area contributed by atoms with Gasteiger partial charge >= 0.3 is 5.63 Å². The number of hydrogen-bond donors (Lipinski definition) is 1. The monoisotopic (exact) mass is 500 g/mol. The molecular formula is C28H25ClN4O3. The smallest absolute Gasteiger partial charge is 0.344 e. The Morgan fingerprint density at radius 3 is 2.61 bits per heavy atom. The van der Waals surface area contributed by atoms with Crippen LogP contribution in [0.15, 0.2) is 57.1 Å². The first kappa shape index (κ1) is 23.7. The van der Waals surface area contributed by atoms with Gasteiger partial charge in [0.05, 0.1) is 22.4 Å². The molecule has 1 aliphatic rings. The number of anilines is 1. The lowest BCUT2D eigenvalue weighted by Crippen LogP contribution is -2.27. The normalized spacial score (nSPS) is 15.1. The molecule has 0 saturated heterocycles. The topological polar surface area (TPSA) is 105 Å². The van der Waals surface area contributed by atoms with E-state index in [0.29, 0.717) is 16.5 Å². The summed E-state index contributed by atoms with van der Waals surface area (Å²) in [7, 11) is 0. The fourth-order valence-electron chi connectivity index (χ4n) is 5.05. The summed E-state index contributed by atoms with van der Waals surface area (Å²) in [6.45, 7) is 9.70. The number of rotatable bonds is 4. The molecule has 3 heterocycles. The molecule has 7 nitrogen and oxygen atoms in total. The molecule has 0 spiro atoms. The van der Waals surface area contributed by atoms with Crippen molar-refractivity contribution in [3.63, 3.8) is 0 Å². The number of pyridine rings is 1. The van der Waals surface area contributed by atoms with Crippen LogP contribution in [0, 0.1) is 25.2 Å². The summed E-state index contributed by atoms with van der Waals surface area (Å²) in [5.41, 5.74) is 10.5. The van der Waals surface area contributed by atoms with E-state index >= 15 is 0 Å². The van der Waals surface area contributed by atoms with Gasteiger partial charge in [-0.15, -0.1) is 0 Å². The average Bonchev–Trinajstić information content (AvgIpc) is 2.84. The molecule has 36 heavy (non-hydrogen) atoms. The summed E-state index contributed by atoms with van der Waals surface area (Å²) < 4.78 is 11.7. The largest absolute Gasteiger partial charge is 0.439 e. The van der Waals surface area contributed by atoms with Crippen LogP contribution in [0.4, 0.5) is 5.69 Å². The molecule has 0 aliphatic carbocycles. The third-order valence-corrected chi connectivity index (χ3v) is 7.03. The summed E-state index contributed by atoms with van der Waals surface area (Å²) in [6.07, 6.45) is 0. The van der Waals surface area contributed by atoms with E-state index in [1.807, 2.05) is 50.2 Å². The number of nitrogens with zero attached hydrogens (tertiary/aromatic N) is 3. The maximum absolute atomic E-state index is 13.4. The first-order valence-electron chi connectivity index (χ1n) is 11.8. The Morgan fingerprint density at radius 1 is 1.17 bits per heavy atom. The molecule has 5 rings (SSSR count). The van der Waals surface area contributed by atoms with Crippen LogP contribution in [-0.2, 0) is 0 Å². The zero-order valence-electron chi connectivity index (χ0n) is 20.5. The molecule has 2 aromatic carbocycles. The Morgan fingerprint density at radius 2 is 1.92 bits per heavy atom. The first-order chi connectivity index (χ1) is 17.3. The minimum Gasteiger partial charge on any atom is -0.439 e. The highest BCUT2D eigenvalue weighted by Crippen LogP contribution is 2.46. The van der Waals surface area contributed by atoms with E-state index in [1.54, 1.807) is 0 Å². The van der Waals surface area contributed by atoms with Crippen molar-refractivity contribution in [1.29, 1.82) is 5.26 Å². The molecule has 2 aromatic heterocycles. The minimum atomic E-state index is -0.882. The summed E-state index contributed by atoms with van der Waals surface area (Å²) in [5, 5.41) is 11.6. The Hall–Kier alpha value is -4.02. The number of ether oxygens (including phenoxy) is 1. The van der Waals surface area contributed by atoms with Gasteiger partial charge in [-0.3, -0.25) is 0 Å². The Bertz CT molecular complexity index is 1680. The van der Waals surface area contributed by atoms with E-state index in [1.165, 1.54) is 0 Å². The van der Waals surface area contributed by atoms with E-state index in [9.17, 15) is 10.1 Å². The summed E-state index contributed by atoms with van der Waals surface area (Å²) in [4.78, 5) is 20.2. The number of nitrogens with two attached hydrogens (primary N) is 1. The summed E-state index contributed by atoms with van der Waals surface area (Å²) in [6, 6.07) is 13.6. The second-order valence-electron chi connectivity index (χ2n) is 8.93. The van der Waals surface area contributed by atoms with Gasteiger partial charge in [0.25, 0.3) is 0 Å². The molecule has 0 bridgehead atoms. The van der Waals surface area contributed by atoms with E-state index in [2.05, 4.69) is 29.8 Å². The highest BCUT2D eigenvalue weighted by Gasteiger charge is 2.37. The van der Waals surface area contributed by atoms with Crippen molar-refractivity contribution < 1.29 is 9.15 Å². The lowest BCUT2D eigenvalue weighted by atomic mass is 9.84. The Labute approximate surface area is 213 Å². The van der Waals surface area contributed by atoms with Crippen molar-refractivity contribution in [3.05, 3.63) is 85.7 Å². The van der Waals surface area contributed by atoms with Crippen molar-refractivity contribution in [1.82, 2.24) is 4.98 Å². The van der Waals surface area contributed by atoms with Gasteiger partial charge in [-0.25, -0.2) is 9.78 Å². The van der Waals surface area contributed by atoms with Crippen molar-refractivity contribution >= 4 is 39.2 Å². The van der Waals surface area contributed by atoms with Gasteiger partial charge in [0.15, 0.2) is 5.75 Å². The van der Waals surface area contributed by atoms with Gasteiger partial charge < -0.3 is 19.8 Å². The van der Waals surface area contributed by atoms with E-state index in [0.717, 1.165) is 40.8 Å². The molecule has 0 amide bonds. The molecule has 8 heteroatoms. The van der Waals surface area contributed by atoms with Gasteiger partial charge in [-0.1, -0.05) is 23.2 Å². The van der Waals surface area contributed by atoms with Crippen LogP contribution >= 0.6 is 11.6 Å². The number of fused-ring (bicyclic) bond motifs is 4. The lowest BCUT2D eigenvalue weighted by molar-refractivity contribution is 0.388. The Kier molecular flexibility index (Phi) is 5.85. The number of aryl methyl sites for hydroxylation is 2. The number of benzene rings is 2. The fraction of sp³-hybridized carbons (Fsp3) is 0.250. The molecular weight excluding hydrogens is 476 g/mol. The van der Waals surface area contributed by atoms with Crippen molar-refractivity contribution in [2.24, 2.45) is 5.73 Å². The number of allylic oxidation sites excluding steroid dienone is 1. The van der Waals surface area contributed by atoms with E-state index < -0.39 is 11.5 Å². The quantitative estimate of drug-likeness (QED) is 0.284. The highest BCUT2D eigenvalue weighted by molar-refractivity contribution is 6.30. The van der Waals surface area contributed by atoms with Crippen LogP contribution < -0.4 is 21.0 Å². The molecule has 2 N–H and O–H groups in total. The van der Waals surface area contributed by atoms with Gasteiger partial charge in [0.2, 0.25) is 5.88 Å². The molecule has 0 fully saturated rings. The van der Waals surface area contributed by atoms with Crippen LogP contribution in [0.1, 0.15) is 42.0 Å². The zero-order chi connectivity index (χ0) is 25.7. The second kappa shape index (κ2) is 8.89. The zero-order valence-corrected chi connectivity index (χ0v) is 21.2. The van der Waals surface area contributed by atoms with Crippen molar-refractivity contribution in [2.45, 2.75) is 33.6 Å². The molecule has 182 valence electrons. The minimum absolute atomic E-state index is 0.0775. The number of nitriles is 1. The molecule has 4 aromatic rings. The number of halogens is 1. The molecule has 0 radical (unpaired) electrons. The SMILES string of the molecule is CCN(CC)c1ccc2c3c(c(=O)oc2c1)[C@@H](c1cc2cc(C)cc(C)c2nc1Cl)C(C#N)=C(N)O3. The van der Waals surface area contributed by atoms with Crippen LogP contribution in [0.3, 0.4) is 0 Å². The number of hydrogen-bond acceptors (Lipinski definition) is 7. The van der Waals surface area contributed by atoms with E-state index in [-0.39, 0.29) is 27.9 Å². The standard InChI is InChI=1S/C28H25ClN4O3/c1-5-33(6-2)17-7-8-18-21(12-17)35-28(34)23-22(20(13-30)27(31)36-25(18)23)19-11-16-10-14(3)9-15(4)24(16)32-26(19)29/h7-12,22H,5-6,31H2,1-4H3/t22-/m0/s1. The lowest BCUT2D eigenvalue weighted by Gasteiger charge is -2.27.